The number of phenols is 1. The van der Waals surface area contributed by atoms with Crippen LogP contribution in [0.1, 0.15) is 33.6 Å². The highest BCUT2D eigenvalue weighted by molar-refractivity contribution is 8.00. The van der Waals surface area contributed by atoms with Crippen LogP contribution in [0.25, 0.3) is 0 Å². The first kappa shape index (κ1) is 16.9. The topological polar surface area (TPSA) is 92.4 Å². The molecular weight excluding hydrogens is 344 g/mol. The van der Waals surface area contributed by atoms with Crippen LogP contribution in [0.2, 0.25) is 0 Å². The summed E-state index contributed by atoms with van der Waals surface area (Å²) in [6.45, 7) is 0. The molecule has 1 aromatic carbocycles. The number of anilines is 1. The molecule has 0 atom stereocenters. The van der Waals surface area contributed by atoms with Crippen molar-refractivity contribution in [3.05, 3.63) is 40.3 Å². The van der Waals surface area contributed by atoms with Crippen molar-refractivity contribution in [2.75, 3.05) is 11.1 Å². The van der Waals surface area contributed by atoms with Crippen molar-refractivity contribution in [1.82, 2.24) is 0 Å². The van der Waals surface area contributed by atoms with Gasteiger partial charge in [0.1, 0.15) is 10.8 Å². The van der Waals surface area contributed by atoms with Gasteiger partial charge in [0.05, 0.1) is 11.3 Å². The van der Waals surface area contributed by atoms with Crippen molar-refractivity contribution < 1.29 is 14.7 Å². The summed E-state index contributed by atoms with van der Waals surface area (Å²) in [4.78, 5) is 26.1. The van der Waals surface area contributed by atoms with E-state index >= 15 is 0 Å². The number of rotatable bonds is 5. The van der Waals surface area contributed by atoms with Gasteiger partial charge in [-0.1, -0.05) is 0 Å². The third-order valence-corrected chi connectivity index (χ3v) is 6.10. The number of aryl methyl sites for hydroxylation is 1. The molecule has 1 aromatic heterocycles. The van der Waals surface area contributed by atoms with Crippen LogP contribution < -0.4 is 11.1 Å². The largest absolute Gasteiger partial charge is 0.508 e. The van der Waals surface area contributed by atoms with E-state index in [0.717, 1.165) is 41.0 Å². The Bertz CT molecular complexity index is 769. The lowest BCUT2D eigenvalue weighted by Gasteiger charge is -2.11. The van der Waals surface area contributed by atoms with Crippen LogP contribution in [0.3, 0.4) is 0 Å². The van der Waals surface area contributed by atoms with E-state index in [2.05, 4.69) is 5.32 Å². The van der Waals surface area contributed by atoms with E-state index in [0.29, 0.717) is 10.6 Å². The summed E-state index contributed by atoms with van der Waals surface area (Å²) in [5.41, 5.74) is 7.02. The van der Waals surface area contributed by atoms with Crippen LogP contribution >= 0.6 is 23.1 Å². The molecule has 126 valence electrons. The summed E-state index contributed by atoms with van der Waals surface area (Å²) < 4.78 is 0. The van der Waals surface area contributed by atoms with Crippen LogP contribution in [-0.4, -0.2) is 22.7 Å². The van der Waals surface area contributed by atoms with Crippen LogP contribution in [-0.2, 0) is 17.6 Å². The quantitative estimate of drug-likeness (QED) is 0.712. The van der Waals surface area contributed by atoms with Gasteiger partial charge in [-0.2, -0.15) is 0 Å². The monoisotopic (exact) mass is 362 g/mol. The van der Waals surface area contributed by atoms with E-state index in [1.807, 2.05) is 0 Å². The van der Waals surface area contributed by atoms with E-state index in [1.165, 1.54) is 23.1 Å². The van der Waals surface area contributed by atoms with Gasteiger partial charge in [0.2, 0.25) is 5.91 Å². The minimum atomic E-state index is -0.476. The van der Waals surface area contributed by atoms with Crippen molar-refractivity contribution in [2.24, 2.45) is 5.73 Å². The van der Waals surface area contributed by atoms with Crippen LogP contribution in [0.5, 0.6) is 5.75 Å². The summed E-state index contributed by atoms with van der Waals surface area (Å²) in [6.07, 6.45) is 3.95. The predicted octanol–water partition coefficient (Wildman–Crippen LogP) is 3.16. The van der Waals surface area contributed by atoms with Crippen molar-refractivity contribution in [2.45, 2.75) is 30.6 Å². The Morgan fingerprint density at radius 1 is 1.21 bits per heavy atom. The normalized spacial score (nSPS) is 13.3. The summed E-state index contributed by atoms with van der Waals surface area (Å²) in [6, 6.07) is 6.68. The Morgan fingerprint density at radius 2 is 1.92 bits per heavy atom. The van der Waals surface area contributed by atoms with Crippen molar-refractivity contribution >= 4 is 39.9 Å². The smallest absolute Gasteiger partial charge is 0.251 e. The number of benzene rings is 1. The summed E-state index contributed by atoms with van der Waals surface area (Å²) in [5, 5.41) is 12.7. The fourth-order valence-electron chi connectivity index (χ4n) is 2.77. The molecule has 4 N–H and O–H groups in total. The Labute approximate surface area is 148 Å². The molecular formula is C17H18N2O3S2. The first-order valence-electron chi connectivity index (χ1n) is 7.70. The number of thiophene rings is 1. The Balaban J connectivity index is 1.69. The lowest BCUT2D eigenvalue weighted by molar-refractivity contribution is -0.113. The fraction of sp³-hybridized carbons (Fsp3) is 0.294. The number of fused-ring (bicyclic) bond motifs is 1. The number of hydrogen-bond acceptors (Lipinski definition) is 5. The number of primary amides is 1. The molecule has 0 saturated carbocycles. The molecule has 0 bridgehead atoms. The molecule has 2 aromatic rings. The molecule has 3 rings (SSSR count). The van der Waals surface area contributed by atoms with Gasteiger partial charge in [-0.05, 0) is 55.5 Å². The zero-order valence-electron chi connectivity index (χ0n) is 13.0. The second-order valence-electron chi connectivity index (χ2n) is 5.61. The van der Waals surface area contributed by atoms with Crippen molar-refractivity contribution in [1.29, 1.82) is 0 Å². The number of aromatic hydroxyl groups is 1. The Hall–Kier alpha value is -1.99. The maximum Gasteiger partial charge on any atom is 0.251 e. The molecule has 0 radical (unpaired) electrons. The SMILES string of the molecule is NC(=O)c1c(NC(=O)CSc2ccc(O)cc2)sc2c1CCCC2. The number of carbonyl (C=O) groups is 2. The second-order valence-corrected chi connectivity index (χ2v) is 7.76. The lowest BCUT2D eigenvalue weighted by atomic mass is 9.95. The molecule has 1 aliphatic rings. The molecule has 0 fully saturated rings. The molecule has 0 spiro atoms. The Morgan fingerprint density at radius 3 is 2.62 bits per heavy atom. The van der Waals surface area contributed by atoms with E-state index in [9.17, 15) is 14.7 Å². The van der Waals surface area contributed by atoms with Gasteiger partial charge in [0.15, 0.2) is 0 Å². The van der Waals surface area contributed by atoms with Crippen molar-refractivity contribution in [3.63, 3.8) is 0 Å². The molecule has 2 amide bonds. The number of hydrogen-bond donors (Lipinski definition) is 3. The van der Waals surface area contributed by atoms with Gasteiger partial charge >= 0.3 is 0 Å². The number of thioether (sulfide) groups is 1. The van der Waals surface area contributed by atoms with Crippen LogP contribution in [0.15, 0.2) is 29.2 Å². The molecule has 24 heavy (non-hydrogen) atoms. The van der Waals surface area contributed by atoms with Gasteiger partial charge in [0.25, 0.3) is 5.91 Å². The van der Waals surface area contributed by atoms with E-state index in [1.54, 1.807) is 24.3 Å². The average molecular weight is 362 g/mol. The van der Waals surface area contributed by atoms with Gasteiger partial charge in [-0.15, -0.1) is 23.1 Å². The number of amides is 2. The van der Waals surface area contributed by atoms with E-state index < -0.39 is 5.91 Å². The standard InChI is InChI=1S/C17H18N2O3S2/c18-16(22)15-12-3-1-2-4-13(12)24-17(15)19-14(21)9-23-11-7-5-10(20)6-8-11/h5-8,20H,1-4,9H2,(H2,18,22)(H,19,21). The van der Waals surface area contributed by atoms with Gasteiger partial charge in [-0.3, -0.25) is 9.59 Å². The van der Waals surface area contributed by atoms with Crippen molar-refractivity contribution in [3.8, 4) is 5.75 Å². The maximum atomic E-state index is 12.2. The average Bonchev–Trinajstić information content (AvgIpc) is 2.92. The van der Waals surface area contributed by atoms with Gasteiger partial charge in [0, 0.05) is 9.77 Å². The third-order valence-electron chi connectivity index (χ3n) is 3.88. The first-order valence-corrected chi connectivity index (χ1v) is 9.51. The minimum absolute atomic E-state index is 0.172. The molecule has 1 aliphatic carbocycles. The fourth-order valence-corrected chi connectivity index (χ4v) is 4.78. The summed E-state index contributed by atoms with van der Waals surface area (Å²) in [5.74, 6) is -0.227. The van der Waals surface area contributed by atoms with Gasteiger partial charge < -0.3 is 16.2 Å². The number of nitrogens with one attached hydrogen (secondary N) is 1. The zero-order chi connectivity index (χ0) is 17.1. The molecule has 0 aliphatic heterocycles. The third kappa shape index (κ3) is 3.73. The molecule has 1 heterocycles. The zero-order valence-corrected chi connectivity index (χ0v) is 14.6. The second kappa shape index (κ2) is 7.27. The number of phenolic OH excluding ortho intramolecular Hbond substituents is 1. The highest BCUT2D eigenvalue weighted by atomic mass is 32.2. The summed E-state index contributed by atoms with van der Waals surface area (Å²) >= 11 is 2.84. The molecule has 5 nitrogen and oxygen atoms in total. The first-order chi connectivity index (χ1) is 11.5. The summed E-state index contributed by atoms with van der Waals surface area (Å²) in [7, 11) is 0. The van der Waals surface area contributed by atoms with E-state index in [-0.39, 0.29) is 17.4 Å². The number of nitrogens with two attached hydrogens (primary N) is 1. The Kier molecular flexibility index (Phi) is 5.11. The van der Waals surface area contributed by atoms with Crippen LogP contribution in [0, 0.1) is 0 Å². The maximum absolute atomic E-state index is 12.2. The predicted molar refractivity (Wildman–Crippen MR) is 96.9 cm³/mol. The lowest BCUT2D eigenvalue weighted by Crippen LogP contribution is -2.19. The highest BCUT2D eigenvalue weighted by Crippen LogP contribution is 2.38. The minimum Gasteiger partial charge on any atom is -0.508 e. The highest BCUT2D eigenvalue weighted by Gasteiger charge is 2.24. The van der Waals surface area contributed by atoms with E-state index in [4.69, 9.17) is 5.73 Å². The van der Waals surface area contributed by atoms with Crippen LogP contribution in [0.4, 0.5) is 5.00 Å². The molecule has 0 saturated heterocycles. The van der Waals surface area contributed by atoms with Gasteiger partial charge in [-0.25, -0.2) is 0 Å². The molecule has 7 heteroatoms. The number of carbonyl (C=O) groups excluding carboxylic acids is 2. The molecule has 0 unspecified atom stereocenters.